The highest BCUT2D eigenvalue weighted by atomic mass is 15.0. The first-order valence-electron chi connectivity index (χ1n) is 16.7. The summed E-state index contributed by atoms with van der Waals surface area (Å²) in [5.41, 5.74) is 8.50. The molecule has 0 atom stereocenters. The molecule has 0 aliphatic carbocycles. The van der Waals surface area contributed by atoms with E-state index in [4.69, 9.17) is 9.97 Å². The Morgan fingerprint density at radius 2 is 0.878 bits per heavy atom. The fourth-order valence-electron chi connectivity index (χ4n) is 7.59. The molecule has 3 heteroatoms. The Kier molecular flexibility index (Phi) is 6.18. The molecule has 2 aromatic heterocycles. The zero-order valence-corrected chi connectivity index (χ0v) is 26.6. The molecule has 0 amide bonds. The van der Waals surface area contributed by atoms with E-state index in [0.717, 1.165) is 39.6 Å². The highest BCUT2D eigenvalue weighted by molar-refractivity contribution is 6.35. The van der Waals surface area contributed by atoms with Crippen molar-refractivity contribution in [3.63, 3.8) is 0 Å². The Morgan fingerprint density at radius 3 is 1.61 bits per heavy atom. The quantitative estimate of drug-likeness (QED) is 0.183. The van der Waals surface area contributed by atoms with Gasteiger partial charge in [-0.3, -0.25) is 0 Å². The van der Waals surface area contributed by atoms with Crippen LogP contribution in [0.25, 0.3) is 93.7 Å². The number of nitrogens with zero attached hydrogens (tertiary/aromatic N) is 3. The van der Waals surface area contributed by atoms with Gasteiger partial charge in [0.05, 0.1) is 22.4 Å². The first kappa shape index (κ1) is 27.5. The van der Waals surface area contributed by atoms with Crippen molar-refractivity contribution in [2.24, 2.45) is 0 Å². The number of benzene rings is 8. The van der Waals surface area contributed by atoms with Gasteiger partial charge in [-0.1, -0.05) is 140 Å². The first-order valence-corrected chi connectivity index (χ1v) is 16.7. The van der Waals surface area contributed by atoms with Crippen LogP contribution in [0.4, 0.5) is 0 Å². The summed E-state index contributed by atoms with van der Waals surface area (Å²) in [6.45, 7) is 0. The highest BCUT2D eigenvalue weighted by Gasteiger charge is 2.19. The van der Waals surface area contributed by atoms with Crippen LogP contribution in [-0.2, 0) is 0 Å². The van der Waals surface area contributed by atoms with Gasteiger partial charge in [-0.2, -0.15) is 0 Å². The van der Waals surface area contributed by atoms with Crippen LogP contribution in [0.5, 0.6) is 0 Å². The molecule has 0 saturated carbocycles. The van der Waals surface area contributed by atoms with Crippen LogP contribution in [0.2, 0.25) is 0 Å². The van der Waals surface area contributed by atoms with Crippen molar-refractivity contribution in [2.75, 3.05) is 0 Å². The van der Waals surface area contributed by atoms with E-state index in [9.17, 15) is 0 Å². The molecule has 0 saturated heterocycles. The Hall–Kier alpha value is -6.58. The van der Waals surface area contributed by atoms with E-state index in [1.807, 2.05) is 24.3 Å². The van der Waals surface area contributed by atoms with Crippen molar-refractivity contribution in [1.29, 1.82) is 0 Å². The van der Waals surface area contributed by atoms with Crippen LogP contribution < -0.4 is 0 Å². The fourth-order valence-corrected chi connectivity index (χ4v) is 7.59. The Morgan fingerprint density at radius 1 is 0.327 bits per heavy atom. The summed E-state index contributed by atoms with van der Waals surface area (Å²) >= 11 is 0. The zero-order chi connectivity index (χ0) is 32.3. The van der Waals surface area contributed by atoms with E-state index >= 15 is 0 Å². The molecule has 49 heavy (non-hydrogen) atoms. The lowest BCUT2D eigenvalue weighted by atomic mass is 9.90. The highest BCUT2D eigenvalue weighted by Crippen LogP contribution is 2.44. The second kappa shape index (κ2) is 11.0. The molecule has 0 aliphatic rings. The van der Waals surface area contributed by atoms with Gasteiger partial charge in [0, 0.05) is 38.5 Å². The average Bonchev–Trinajstić information content (AvgIpc) is 3.53. The summed E-state index contributed by atoms with van der Waals surface area (Å²) in [6.07, 6.45) is 0. The van der Waals surface area contributed by atoms with Gasteiger partial charge in [0.2, 0.25) is 0 Å². The number of rotatable bonds is 4. The maximum atomic E-state index is 5.16. The van der Waals surface area contributed by atoms with Gasteiger partial charge < -0.3 is 4.57 Å². The molecule has 0 unspecified atom stereocenters. The van der Waals surface area contributed by atoms with Gasteiger partial charge in [0.15, 0.2) is 5.82 Å². The largest absolute Gasteiger partial charge is 0.309 e. The Bertz CT molecular complexity index is 2800. The minimum atomic E-state index is 0.718. The topological polar surface area (TPSA) is 30.7 Å². The molecule has 3 nitrogen and oxygen atoms in total. The standard InChI is InChI=1S/C46H29N3/c1-4-14-30(15-5-1)40-29-41(48-46(47-40)31-16-6-2-7-17-31)32-24-25-37-39(28-32)35-21-11-10-20-34(35)36-26-27-43-45(44(36)37)38-22-12-13-23-42(38)49(43)33-18-8-3-9-19-33/h1-29H. The Balaban J connectivity index is 1.29. The molecule has 0 fully saturated rings. The fraction of sp³-hybridized carbons (Fsp3) is 0. The van der Waals surface area contributed by atoms with Gasteiger partial charge in [-0.25, -0.2) is 9.97 Å². The van der Waals surface area contributed by atoms with Gasteiger partial charge in [0.1, 0.15) is 0 Å². The smallest absolute Gasteiger partial charge is 0.160 e. The second-order valence-electron chi connectivity index (χ2n) is 12.6. The molecule has 0 bridgehead atoms. The molecule has 0 radical (unpaired) electrons. The molecule has 10 rings (SSSR count). The van der Waals surface area contributed by atoms with Crippen molar-refractivity contribution >= 4 is 54.1 Å². The van der Waals surface area contributed by atoms with Crippen LogP contribution in [0, 0.1) is 0 Å². The van der Waals surface area contributed by atoms with Crippen LogP contribution in [0.3, 0.4) is 0 Å². The van der Waals surface area contributed by atoms with Crippen molar-refractivity contribution in [3.8, 4) is 39.6 Å². The molecular weight excluding hydrogens is 595 g/mol. The van der Waals surface area contributed by atoms with Crippen LogP contribution in [0.1, 0.15) is 0 Å². The van der Waals surface area contributed by atoms with Crippen molar-refractivity contribution in [3.05, 3.63) is 176 Å². The zero-order valence-electron chi connectivity index (χ0n) is 26.6. The third kappa shape index (κ3) is 4.37. The summed E-state index contributed by atoms with van der Waals surface area (Å²) in [5.74, 6) is 0.718. The van der Waals surface area contributed by atoms with Crippen molar-refractivity contribution in [1.82, 2.24) is 14.5 Å². The number of fused-ring (bicyclic) bond motifs is 10. The van der Waals surface area contributed by atoms with Crippen molar-refractivity contribution < 1.29 is 0 Å². The third-order valence-corrected chi connectivity index (χ3v) is 9.77. The summed E-state index contributed by atoms with van der Waals surface area (Å²) in [6, 6.07) is 62.5. The number of para-hydroxylation sites is 2. The molecule has 228 valence electrons. The SMILES string of the molecule is c1ccc(-c2cc(-c3ccc4c(c3)c3ccccc3c3ccc5c(c6ccccc6n5-c5ccccc5)c34)nc(-c3ccccc3)n2)cc1. The third-order valence-electron chi connectivity index (χ3n) is 9.77. The molecular formula is C46H29N3. The Labute approximate surface area is 283 Å². The maximum Gasteiger partial charge on any atom is 0.160 e. The summed E-state index contributed by atoms with van der Waals surface area (Å²) in [4.78, 5) is 10.2. The van der Waals surface area contributed by atoms with E-state index in [1.54, 1.807) is 0 Å². The molecule has 0 aliphatic heterocycles. The lowest BCUT2D eigenvalue weighted by Gasteiger charge is -2.14. The molecule has 2 heterocycles. The number of hydrogen-bond donors (Lipinski definition) is 0. The van der Waals surface area contributed by atoms with Gasteiger partial charge in [0.25, 0.3) is 0 Å². The van der Waals surface area contributed by atoms with E-state index in [2.05, 4.69) is 156 Å². The molecule has 10 aromatic rings. The van der Waals surface area contributed by atoms with Crippen LogP contribution in [0.15, 0.2) is 176 Å². The lowest BCUT2D eigenvalue weighted by Crippen LogP contribution is -1.96. The van der Waals surface area contributed by atoms with Gasteiger partial charge in [-0.15, -0.1) is 0 Å². The normalized spacial score (nSPS) is 11.7. The molecule has 0 N–H and O–H groups in total. The predicted molar refractivity (Wildman–Crippen MR) is 205 cm³/mol. The van der Waals surface area contributed by atoms with Gasteiger partial charge in [-0.05, 0) is 63.3 Å². The van der Waals surface area contributed by atoms with E-state index < -0.39 is 0 Å². The minimum absolute atomic E-state index is 0.718. The number of aromatic nitrogens is 3. The summed E-state index contributed by atoms with van der Waals surface area (Å²) in [5, 5.41) is 10.0. The van der Waals surface area contributed by atoms with Crippen LogP contribution in [-0.4, -0.2) is 14.5 Å². The van der Waals surface area contributed by atoms with E-state index in [0.29, 0.717) is 0 Å². The van der Waals surface area contributed by atoms with E-state index in [1.165, 1.54) is 54.1 Å². The molecule has 8 aromatic carbocycles. The molecule has 0 spiro atoms. The second-order valence-corrected chi connectivity index (χ2v) is 12.6. The van der Waals surface area contributed by atoms with E-state index in [-0.39, 0.29) is 0 Å². The summed E-state index contributed by atoms with van der Waals surface area (Å²) < 4.78 is 2.40. The summed E-state index contributed by atoms with van der Waals surface area (Å²) in [7, 11) is 0. The number of hydrogen-bond acceptors (Lipinski definition) is 2. The minimum Gasteiger partial charge on any atom is -0.309 e. The average molecular weight is 624 g/mol. The van der Waals surface area contributed by atoms with Crippen molar-refractivity contribution in [2.45, 2.75) is 0 Å². The van der Waals surface area contributed by atoms with Crippen LogP contribution >= 0.6 is 0 Å². The first-order chi connectivity index (χ1) is 24.3. The maximum absolute atomic E-state index is 5.16. The lowest BCUT2D eigenvalue weighted by molar-refractivity contribution is 1.18. The van der Waals surface area contributed by atoms with Gasteiger partial charge >= 0.3 is 0 Å². The predicted octanol–water partition coefficient (Wildman–Crippen LogP) is 12.0. The monoisotopic (exact) mass is 623 g/mol.